The van der Waals surface area contributed by atoms with Gasteiger partial charge in [-0.25, -0.2) is 0 Å². The van der Waals surface area contributed by atoms with E-state index in [1.165, 1.54) is 72.2 Å². The zero-order valence-electron chi connectivity index (χ0n) is 32.1. The number of para-hydroxylation sites is 2. The Morgan fingerprint density at radius 2 is 1.02 bits per heavy atom. The van der Waals surface area contributed by atoms with Crippen LogP contribution in [0.2, 0.25) is 0 Å². The predicted octanol–water partition coefficient (Wildman–Crippen LogP) is 11.0. The highest BCUT2D eigenvalue weighted by Gasteiger charge is 2.72. The molecule has 1 atom stereocenters. The normalized spacial score (nSPS) is 16.4. The molecule has 5 aromatic carbocycles. The van der Waals surface area contributed by atoms with Crippen molar-refractivity contribution >= 4 is 23.8 Å². The van der Waals surface area contributed by atoms with Crippen LogP contribution in [0.3, 0.4) is 0 Å². The third kappa shape index (κ3) is 6.39. The lowest BCUT2D eigenvalue weighted by molar-refractivity contribution is -0.831. The second kappa shape index (κ2) is 14.8. The van der Waals surface area contributed by atoms with Crippen LogP contribution >= 0.6 is 0 Å². The van der Waals surface area contributed by atoms with E-state index in [0.717, 1.165) is 70.9 Å². The van der Waals surface area contributed by atoms with Gasteiger partial charge in [-0.2, -0.15) is 0 Å². The van der Waals surface area contributed by atoms with Crippen LogP contribution in [-0.4, -0.2) is 52.1 Å². The van der Waals surface area contributed by atoms with Gasteiger partial charge in [-0.1, -0.05) is 101 Å². The maximum Gasteiger partial charge on any atom is 0.715 e. The highest BCUT2D eigenvalue weighted by molar-refractivity contribution is 5.90. The molecule has 0 saturated heterocycles. The number of fused-ring (bicyclic) bond motifs is 5. The van der Waals surface area contributed by atoms with E-state index in [0.29, 0.717) is 0 Å². The van der Waals surface area contributed by atoms with Gasteiger partial charge in [0, 0.05) is 18.7 Å². The summed E-state index contributed by atoms with van der Waals surface area (Å²) in [6, 6.07) is 34.2. The minimum atomic E-state index is -1.21. The molecule has 3 aliphatic heterocycles. The average Bonchev–Trinajstić information content (AvgIpc) is 3.45. The number of ether oxygens (including phenoxy) is 2. The van der Waals surface area contributed by atoms with E-state index in [1.54, 1.807) is 0 Å². The van der Waals surface area contributed by atoms with Crippen LogP contribution in [0.25, 0.3) is 22.3 Å². The monoisotopic (exact) mass is 703 g/mol. The maximum absolute atomic E-state index is 7.17. The molecule has 0 N–H and O–H groups in total. The van der Waals surface area contributed by atoms with Gasteiger partial charge < -0.3 is 14.4 Å². The molecule has 0 aliphatic carbocycles. The van der Waals surface area contributed by atoms with Crippen molar-refractivity contribution < 1.29 is 18.6 Å². The van der Waals surface area contributed by atoms with Crippen molar-refractivity contribution in [3.8, 4) is 33.8 Å². The van der Waals surface area contributed by atoms with E-state index in [4.69, 9.17) is 9.47 Å². The Kier molecular flexibility index (Phi) is 9.78. The summed E-state index contributed by atoms with van der Waals surface area (Å²) in [6.45, 7) is 14.6. The predicted molar refractivity (Wildman–Crippen MR) is 218 cm³/mol. The second-order valence-electron chi connectivity index (χ2n) is 15.0. The first kappa shape index (κ1) is 35.1. The summed E-state index contributed by atoms with van der Waals surface area (Å²) < 4.78 is 18.7. The van der Waals surface area contributed by atoms with Crippen molar-refractivity contribution in [3.05, 3.63) is 130 Å². The molecule has 5 aromatic rings. The molecule has 0 fully saturated rings. The Balaban J connectivity index is 1.18. The van der Waals surface area contributed by atoms with Crippen molar-refractivity contribution in [3.63, 3.8) is 0 Å². The lowest BCUT2D eigenvalue weighted by atomic mass is 9.93. The number of unbranched alkanes of at least 4 members (excludes halogenated alkanes) is 2. The summed E-state index contributed by atoms with van der Waals surface area (Å²) in [5.41, 5.74) is 14.2. The first-order chi connectivity index (χ1) is 25.9. The topological polar surface area (TPSA) is 27.7 Å². The summed E-state index contributed by atoms with van der Waals surface area (Å²) in [5.74, 6) is 1.70. The number of benzene rings is 5. The average molecular weight is 704 g/mol. The Morgan fingerprint density at radius 3 is 1.51 bits per heavy atom. The van der Waals surface area contributed by atoms with E-state index in [-0.39, 0.29) is 0 Å². The summed E-state index contributed by atoms with van der Waals surface area (Å²) >= 11 is 0. The molecule has 0 aromatic heterocycles. The molecular weight excluding hydrogens is 651 g/mol. The third-order valence-corrected chi connectivity index (χ3v) is 11.2. The van der Waals surface area contributed by atoms with Gasteiger partial charge in [0.15, 0.2) is 23.9 Å². The molecule has 5 heteroatoms. The first-order valence-electron chi connectivity index (χ1n) is 19.9. The Hall–Kier alpha value is -5.00. The van der Waals surface area contributed by atoms with Gasteiger partial charge in [0.05, 0.1) is 11.1 Å². The largest absolute Gasteiger partial charge is 0.715 e. The highest BCUT2D eigenvalue weighted by Crippen LogP contribution is 2.50. The molecule has 5 nitrogen and oxygen atoms in total. The number of aryl methyl sites for hydroxylation is 3. The van der Waals surface area contributed by atoms with Crippen molar-refractivity contribution in [2.45, 2.75) is 85.6 Å². The van der Waals surface area contributed by atoms with Crippen molar-refractivity contribution in [2.24, 2.45) is 0 Å². The molecule has 1 unspecified atom stereocenters. The van der Waals surface area contributed by atoms with Gasteiger partial charge in [-0.05, 0) is 131 Å². The summed E-state index contributed by atoms with van der Waals surface area (Å²) in [7, 11) is 0. The first-order valence-corrected chi connectivity index (χ1v) is 19.9. The molecule has 0 saturated carbocycles. The Labute approximate surface area is 315 Å². The highest BCUT2D eigenvalue weighted by atomic mass is 16.7. The number of rotatable bonds is 13. The molecule has 3 aliphatic rings. The van der Waals surface area contributed by atoms with Crippen LogP contribution < -0.4 is 9.47 Å². The van der Waals surface area contributed by atoms with E-state index >= 15 is 0 Å². The Bertz CT molecular complexity index is 2220. The molecular formula is C48H53N3O2+2. The fourth-order valence-electron chi connectivity index (χ4n) is 8.43. The zero-order valence-corrected chi connectivity index (χ0v) is 32.1. The van der Waals surface area contributed by atoms with E-state index in [1.807, 2.05) is 0 Å². The summed E-state index contributed by atoms with van der Waals surface area (Å²) in [6.07, 6.45) is 12.6. The van der Waals surface area contributed by atoms with Gasteiger partial charge >= 0.3 is 6.03 Å². The molecule has 3 heterocycles. The SMILES string of the molecule is CCCCN(CCCC)CCc1ccccc1-c1cc(C)c2c(c1)C=[N+]1c3ccccc3[N+]3=Cc4cc(-c5ccccc5CCC)cc(C)c4OC31O2. The fourth-order valence-corrected chi connectivity index (χ4v) is 8.43. The summed E-state index contributed by atoms with van der Waals surface area (Å²) in [5, 5.41) is 0. The maximum atomic E-state index is 7.17. The lowest BCUT2D eigenvalue weighted by Gasteiger charge is -2.28. The van der Waals surface area contributed by atoms with Crippen LogP contribution in [0.1, 0.15) is 86.3 Å². The second-order valence-corrected chi connectivity index (χ2v) is 15.0. The van der Waals surface area contributed by atoms with Gasteiger partial charge in [0.25, 0.3) is 11.4 Å². The van der Waals surface area contributed by atoms with Crippen LogP contribution in [0.4, 0.5) is 11.4 Å². The van der Waals surface area contributed by atoms with E-state index in [9.17, 15) is 0 Å². The molecule has 8 rings (SSSR count). The standard InChI is InChI=1S/C48H53N3O2/c1-6-9-25-49(26-10-7-2)27-24-37-19-12-14-21-43(37)39-29-35(5)47-41(31-39)33-51-45-23-16-15-22-44(45)50-32-40-30-38(42-20-13-11-18-36(42)17-8-3)28-34(4)46(40)52-48(50,51)53-47/h11-16,18-23,28-33H,6-10,17,24-27H2,1-5H3/q+2. The number of hydrogen-bond donors (Lipinski definition) is 0. The lowest BCUT2D eigenvalue weighted by Crippen LogP contribution is -2.59. The molecule has 0 radical (unpaired) electrons. The quantitative estimate of drug-likeness (QED) is 0.114. The van der Waals surface area contributed by atoms with Crippen LogP contribution in [-0.2, 0) is 12.8 Å². The fraction of sp³-hybridized carbons (Fsp3) is 0.333. The van der Waals surface area contributed by atoms with Gasteiger partial charge in [0.1, 0.15) is 0 Å². The zero-order chi connectivity index (χ0) is 36.5. The van der Waals surface area contributed by atoms with Crippen molar-refractivity contribution in [1.29, 1.82) is 0 Å². The van der Waals surface area contributed by atoms with Gasteiger partial charge in [-0.3, -0.25) is 0 Å². The van der Waals surface area contributed by atoms with Crippen molar-refractivity contribution in [2.75, 3.05) is 19.6 Å². The minimum absolute atomic E-state index is 0.850. The number of hydrogen-bond acceptors (Lipinski definition) is 3. The van der Waals surface area contributed by atoms with Crippen LogP contribution in [0.5, 0.6) is 11.5 Å². The van der Waals surface area contributed by atoms with E-state index < -0.39 is 6.03 Å². The number of nitrogens with zero attached hydrogens (tertiary/aromatic N) is 3. The van der Waals surface area contributed by atoms with Crippen molar-refractivity contribution in [1.82, 2.24) is 4.90 Å². The molecule has 0 bridgehead atoms. The van der Waals surface area contributed by atoms with Gasteiger partial charge in [0.2, 0.25) is 0 Å². The van der Waals surface area contributed by atoms with Crippen LogP contribution in [0, 0.1) is 13.8 Å². The molecule has 0 amide bonds. The molecule has 270 valence electrons. The Morgan fingerprint density at radius 1 is 0.547 bits per heavy atom. The van der Waals surface area contributed by atoms with Gasteiger partial charge in [-0.15, -0.1) is 0 Å². The minimum Gasteiger partial charge on any atom is -0.340 e. The third-order valence-electron chi connectivity index (χ3n) is 11.2. The smallest absolute Gasteiger partial charge is 0.340 e. The summed E-state index contributed by atoms with van der Waals surface area (Å²) in [4.78, 5) is 2.66. The molecule has 1 spiro atoms. The van der Waals surface area contributed by atoms with E-state index in [2.05, 4.69) is 158 Å². The molecule has 53 heavy (non-hydrogen) atoms. The van der Waals surface area contributed by atoms with Crippen LogP contribution in [0.15, 0.2) is 97.1 Å².